The third kappa shape index (κ3) is 12.0. The number of hydrogen-bond donors (Lipinski definition) is 4. The lowest BCUT2D eigenvalue weighted by molar-refractivity contribution is -0.137. The number of nitrogens with zero attached hydrogens (tertiary/aromatic N) is 5. The lowest BCUT2D eigenvalue weighted by atomic mass is 10.0. The summed E-state index contributed by atoms with van der Waals surface area (Å²) in [4.78, 5) is 74.9. The number of benzene rings is 3. The molecular formula is C45H51N9O7. The zero-order valence-electron chi connectivity index (χ0n) is 34.3. The number of morpholine rings is 1. The molecule has 1 unspecified atom stereocenters. The minimum absolute atomic E-state index is 0.0648. The highest BCUT2D eigenvalue weighted by Crippen LogP contribution is 2.30. The Kier molecular flexibility index (Phi) is 14.3. The van der Waals surface area contributed by atoms with Crippen molar-refractivity contribution in [1.82, 2.24) is 20.2 Å². The molecule has 0 bridgehead atoms. The van der Waals surface area contributed by atoms with E-state index in [9.17, 15) is 24.0 Å². The van der Waals surface area contributed by atoms with Gasteiger partial charge in [-0.25, -0.2) is 0 Å². The minimum atomic E-state index is -0.686. The van der Waals surface area contributed by atoms with Crippen LogP contribution in [0.25, 0.3) is 0 Å². The van der Waals surface area contributed by atoms with Crippen LogP contribution in [0.1, 0.15) is 84.0 Å². The molecule has 1 aromatic heterocycles. The maximum atomic E-state index is 12.9. The van der Waals surface area contributed by atoms with Crippen LogP contribution in [-0.2, 0) is 36.9 Å². The van der Waals surface area contributed by atoms with E-state index in [0.717, 1.165) is 59.7 Å². The van der Waals surface area contributed by atoms with E-state index < -0.39 is 11.9 Å². The molecule has 0 aliphatic carbocycles. The molecule has 0 spiro atoms. The zero-order chi connectivity index (χ0) is 42.6. The van der Waals surface area contributed by atoms with Crippen molar-refractivity contribution in [2.75, 3.05) is 53.9 Å². The summed E-state index contributed by atoms with van der Waals surface area (Å²) in [5.74, 6) is 0.0190. The lowest BCUT2D eigenvalue weighted by Gasteiger charge is -2.29. The molecule has 61 heavy (non-hydrogen) atoms. The molecular weight excluding hydrogens is 779 g/mol. The molecule has 16 nitrogen and oxygen atoms in total. The topological polar surface area (TPSA) is 197 Å². The first kappa shape index (κ1) is 42.4. The number of carbonyl (C=O) groups is 5. The number of rotatable bonds is 18. The van der Waals surface area contributed by atoms with Crippen LogP contribution in [0.3, 0.4) is 0 Å². The Morgan fingerprint density at radius 2 is 1.64 bits per heavy atom. The summed E-state index contributed by atoms with van der Waals surface area (Å²) >= 11 is 0. The highest BCUT2D eigenvalue weighted by atomic mass is 16.5. The quantitative estimate of drug-likeness (QED) is 0.0436. The zero-order valence-corrected chi connectivity index (χ0v) is 34.3. The number of unbranched alkanes of at least 4 members (excludes halogenated alkanes) is 3. The Morgan fingerprint density at radius 1 is 0.902 bits per heavy atom. The monoisotopic (exact) mass is 829 g/mol. The molecule has 4 N–H and O–H groups in total. The number of anilines is 4. The molecule has 318 valence electrons. The first-order chi connectivity index (χ1) is 29.7. The molecule has 0 saturated carbocycles. The highest BCUT2D eigenvalue weighted by molar-refractivity contribution is 6.05. The molecule has 2 fully saturated rings. The number of nitrogens with one attached hydrogen (secondary N) is 4. The Labute approximate surface area is 354 Å². The third-order valence-corrected chi connectivity index (χ3v) is 10.7. The second-order valence-electron chi connectivity index (χ2n) is 15.4. The number of hydrazone groups is 1. The largest absolute Gasteiger partial charge is 0.463 e. The number of imide groups is 1. The average molecular weight is 830 g/mol. The van der Waals surface area contributed by atoms with Crippen molar-refractivity contribution in [3.8, 4) is 6.01 Å². The number of ether oxygens (including phenoxy) is 2. The van der Waals surface area contributed by atoms with E-state index in [0.29, 0.717) is 75.4 Å². The summed E-state index contributed by atoms with van der Waals surface area (Å²) in [6.07, 6.45) is 6.56. The maximum absolute atomic E-state index is 12.9. The molecule has 7 rings (SSSR count). The van der Waals surface area contributed by atoms with Gasteiger partial charge in [0.15, 0.2) is 5.82 Å². The van der Waals surface area contributed by atoms with Gasteiger partial charge in [-0.1, -0.05) is 54.8 Å². The molecule has 4 heterocycles. The van der Waals surface area contributed by atoms with Crippen molar-refractivity contribution in [1.29, 1.82) is 0 Å². The first-order valence-electron chi connectivity index (χ1n) is 20.8. The van der Waals surface area contributed by atoms with Gasteiger partial charge in [0.05, 0.1) is 26.0 Å². The Hall–Kier alpha value is -6.68. The summed E-state index contributed by atoms with van der Waals surface area (Å²) in [6.45, 7) is 5.32. The smallest absolute Gasteiger partial charge is 0.320 e. The summed E-state index contributed by atoms with van der Waals surface area (Å²) in [6, 6.07) is 22.3. The van der Waals surface area contributed by atoms with Gasteiger partial charge in [-0.2, -0.15) is 15.1 Å². The van der Waals surface area contributed by atoms with Gasteiger partial charge in [-0.3, -0.25) is 34.7 Å². The molecule has 4 aromatic rings. The summed E-state index contributed by atoms with van der Waals surface area (Å²) in [5, 5.41) is 12.5. The van der Waals surface area contributed by atoms with E-state index in [-0.39, 0.29) is 42.6 Å². The fourth-order valence-corrected chi connectivity index (χ4v) is 7.45. The maximum Gasteiger partial charge on any atom is 0.320 e. The average Bonchev–Trinajstić information content (AvgIpc) is 3.57. The standard InChI is InChI=1S/C45H51N9O7/c1-30-7-6-8-32(25-30)28-46-52-38-27-39(53-20-23-60-24-21-53)50-45(49-38)61-22-19-31-11-13-34(14-12-31)47-40(55)9-4-2-3-5-10-41(56)48-35-15-16-36-33(26-35)29-54(44(36)59)37-17-18-42(57)51-43(37)58/h6-8,11-16,25-28,37H,2-5,9-10,17-24,29H2,1H3,(H,47,55)(H,48,56)(H,49,50,52)(H,51,57,58)/b46-28+. The van der Waals surface area contributed by atoms with Gasteiger partial charge in [0.2, 0.25) is 23.6 Å². The van der Waals surface area contributed by atoms with Crippen molar-refractivity contribution in [3.63, 3.8) is 0 Å². The predicted octanol–water partition coefficient (Wildman–Crippen LogP) is 5.37. The molecule has 5 amide bonds. The number of fused-ring (bicyclic) bond motifs is 1. The molecule has 2 saturated heterocycles. The number of carbonyl (C=O) groups excluding carboxylic acids is 5. The molecule has 3 aliphatic rings. The fraction of sp³-hybridized carbons (Fsp3) is 0.378. The van der Waals surface area contributed by atoms with Crippen molar-refractivity contribution in [3.05, 3.63) is 101 Å². The van der Waals surface area contributed by atoms with Gasteiger partial charge in [-0.15, -0.1) is 0 Å². The van der Waals surface area contributed by atoms with Gasteiger partial charge >= 0.3 is 6.01 Å². The number of aryl methyl sites for hydroxylation is 1. The number of amides is 5. The van der Waals surface area contributed by atoms with Gasteiger partial charge < -0.3 is 29.9 Å². The molecule has 3 aliphatic heterocycles. The Morgan fingerprint density at radius 3 is 2.38 bits per heavy atom. The SMILES string of the molecule is Cc1cccc(/C=N/Nc2cc(N3CCOCC3)nc(OCCc3ccc(NC(=O)CCCCCCC(=O)Nc4ccc5c(c4)CN(C4CCC(=O)NC4=O)C5=O)cc3)n2)c1. The van der Waals surface area contributed by atoms with Gasteiger partial charge in [0.1, 0.15) is 11.9 Å². The Bertz CT molecular complexity index is 2260. The van der Waals surface area contributed by atoms with Crippen LogP contribution < -0.4 is 31.0 Å². The lowest BCUT2D eigenvalue weighted by Crippen LogP contribution is -2.52. The van der Waals surface area contributed by atoms with E-state index in [1.807, 2.05) is 61.5 Å². The predicted molar refractivity (Wildman–Crippen MR) is 231 cm³/mol. The van der Waals surface area contributed by atoms with Crippen LogP contribution in [0.2, 0.25) is 0 Å². The van der Waals surface area contributed by atoms with E-state index in [1.54, 1.807) is 24.4 Å². The van der Waals surface area contributed by atoms with Gasteiger partial charge in [0, 0.05) is 68.3 Å². The number of aromatic nitrogens is 2. The Balaban J connectivity index is 0.786. The summed E-state index contributed by atoms with van der Waals surface area (Å²) < 4.78 is 11.5. The fourth-order valence-electron chi connectivity index (χ4n) is 7.45. The second-order valence-corrected chi connectivity index (χ2v) is 15.4. The summed E-state index contributed by atoms with van der Waals surface area (Å²) in [5.41, 5.74) is 8.71. The van der Waals surface area contributed by atoms with Crippen LogP contribution in [0.4, 0.5) is 23.0 Å². The normalized spacial score (nSPS) is 16.3. The van der Waals surface area contributed by atoms with Crippen molar-refractivity contribution < 1.29 is 33.4 Å². The molecule has 16 heteroatoms. The molecule has 1 atom stereocenters. The van der Waals surface area contributed by atoms with E-state index in [4.69, 9.17) is 9.47 Å². The van der Waals surface area contributed by atoms with Crippen LogP contribution in [0.15, 0.2) is 77.9 Å². The van der Waals surface area contributed by atoms with Crippen molar-refractivity contribution >= 4 is 58.8 Å². The number of piperidine rings is 1. The minimum Gasteiger partial charge on any atom is -0.463 e. The highest BCUT2D eigenvalue weighted by Gasteiger charge is 2.39. The van der Waals surface area contributed by atoms with Gasteiger partial charge in [-0.05, 0) is 73.2 Å². The molecule has 3 aromatic carbocycles. The number of hydrogen-bond acceptors (Lipinski definition) is 12. The van der Waals surface area contributed by atoms with Crippen molar-refractivity contribution in [2.45, 2.75) is 77.3 Å². The third-order valence-electron chi connectivity index (χ3n) is 10.7. The van der Waals surface area contributed by atoms with E-state index in [1.165, 1.54) is 4.90 Å². The second kappa shape index (κ2) is 20.5. The summed E-state index contributed by atoms with van der Waals surface area (Å²) in [7, 11) is 0. The van der Waals surface area contributed by atoms with Crippen LogP contribution in [-0.4, -0.2) is 89.6 Å². The van der Waals surface area contributed by atoms with E-state index in [2.05, 4.69) is 41.3 Å². The first-order valence-corrected chi connectivity index (χ1v) is 20.8. The van der Waals surface area contributed by atoms with Crippen LogP contribution in [0.5, 0.6) is 6.01 Å². The van der Waals surface area contributed by atoms with E-state index >= 15 is 0 Å². The van der Waals surface area contributed by atoms with Crippen molar-refractivity contribution in [2.24, 2.45) is 5.10 Å². The van der Waals surface area contributed by atoms with Gasteiger partial charge in [0.25, 0.3) is 5.91 Å². The molecule has 0 radical (unpaired) electrons. The van der Waals surface area contributed by atoms with Crippen LogP contribution >= 0.6 is 0 Å². The van der Waals surface area contributed by atoms with Crippen LogP contribution in [0, 0.1) is 6.92 Å².